The first kappa shape index (κ1) is 21.5. The van der Waals surface area contributed by atoms with Crippen molar-refractivity contribution in [1.29, 1.82) is 0 Å². The van der Waals surface area contributed by atoms with Crippen LogP contribution in [0.15, 0.2) is 60.9 Å². The molecule has 1 amide bonds. The number of carbonyl (C=O) groups is 1. The second kappa shape index (κ2) is 8.15. The monoisotopic (exact) mass is 476 g/mol. The summed E-state index contributed by atoms with van der Waals surface area (Å²) in [6, 6.07) is 16.8. The molecule has 180 valence electrons. The summed E-state index contributed by atoms with van der Waals surface area (Å²) in [5.41, 5.74) is 13.1. The van der Waals surface area contributed by atoms with E-state index in [2.05, 4.69) is 59.9 Å². The number of aryl methyl sites for hydroxylation is 1. The van der Waals surface area contributed by atoms with Crippen LogP contribution in [0.3, 0.4) is 0 Å². The van der Waals surface area contributed by atoms with E-state index >= 15 is 0 Å². The Bertz CT molecular complexity index is 1520. The van der Waals surface area contributed by atoms with Gasteiger partial charge in [0.15, 0.2) is 0 Å². The van der Waals surface area contributed by atoms with Crippen molar-refractivity contribution < 1.29 is 9.53 Å². The van der Waals surface area contributed by atoms with E-state index in [9.17, 15) is 4.79 Å². The minimum atomic E-state index is -0.126. The highest BCUT2D eigenvalue weighted by molar-refractivity contribution is 5.94. The Kier molecular flexibility index (Phi) is 4.88. The van der Waals surface area contributed by atoms with E-state index in [1.807, 2.05) is 29.1 Å². The van der Waals surface area contributed by atoms with Crippen LogP contribution in [-0.4, -0.2) is 15.7 Å². The first-order valence-electron chi connectivity index (χ1n) is 12.6. The maximum Gasteiger partial charge on any atom is 0.251 e. The molecule has 36 heavy (non-hydrogen) atoms. The molecular formula is C30H28N4O2. The molecule has 0 saturated heterocycles. The van der Waals surface area contributed by atoms with Crippen molar-refractivity contribution >= 4 is 5.91 Å². The number of nitrogens with zero attached hydrogens (tertiary/aromatic N) is 2. The standard InChI is InChI=1S/C30H28N4O2/c1-17-10-21-13-31-14-27(21)18(2)26(17)15-32-30(35)20-5-7-23-25(12-20)29-24-11-19(16-34-9-3-8-33-34)4-6-22(24)28(23)36-29/h3-12,28-29,31H,13-16H2,1-2H3,(H,32,35). The van der Waals surface area contributed by atoms with Gasteiger partial charge in [-0.3, -0.25) is 9.48 Å². The highest BCUT2D eigenvalue weighted by Crippen LogP contribution is 2.54. The normalized spacial score (nSPS) is 18.7. The maximum absolute atomic E-state index is 13.2. The molecule has 2 bridgehead atoms. The molecule has 3 aliphatic heterocycles. The molecule has 3 aliphatic rings. The molecule has 3 aromatic carbocycles. The number of aromatic nitrogens is 2. The van der Waals surface area contributed by atoms with Crippen LogP contribution in [-0.2, 0) is 30.9 Å². The summed E-state index contributed by atoms with van der Waals surface area (Å²) in [4.78, 5) is 13.2. The quantitative estimate of drug-likeness (QED) is 0.442. The Morgan fingerprint density at radius 1 is 1.06 bits per heavy atom. The number of hydrogen-bond acceptors (Lipinski definition) is 4. The molecule has 0 radical (unpaired) electrons. The highest BCUT2D eigenvalue weighted by atomic mass is 16.5. The number of nitrogens with one attached hydrogen (secondary N) is 2. The number of amides is 1. The van der Waals surface area contributed by atoms with Crippen LogP contribution in [0.2, 0.25) is 0 Å². The Morgan fingerprint density at radius 2 is 1.86 bits per heavy atom. The Balaban J connectivity index is 1.12. The molecule has 7 rings (SSSR count). The molecule has 0 aliphatic carbocycles. The van der Waals surface area contributed by atoms with Gasteiger partial charge in [-0.2, -0.15) is 5.10 Å². The summed E-state index contributed by atoms with van der Waals surface area (Å²) >= 11 is 0. The summed E-state index contributed by atoms with van der Waals surface area (Å²) in [6.07, 6.45) is 3.59. The van der Waals surface area contributed by atoms with Crippen LogP contribution in [0.4, 0.5) is 0 Å². The van der Waals surface area contributed by atoms with E-state index in [1.54, 1.807) is 6.20 Å². The summed E-state index contributed by atoms with van der Waals surface area (Å²) in [6.45, 7) is 7.39. The molecule has 4 aromatic rings. The van der Waals surface area contributed by atoms with Gasteiger partial charge >= 0.3 is 0 Å². The zero-order valence-corrected chi connectivity index (χ0v) is 20.5. The van der Waals surface area contributed by atoms with Crippen LogP contribution >= 0.6 is 0 Å². The zero-order valence-electron chi connectivity index (χ0n) is 20.5. The van der Waals surface area contributed by atoms with Gasteiger partial charge in [-0.1, -0.05) is 30.3 Å². The van der Waals surface area contributed by atoms with Crippen LogP contribution in [0, 0.1) is 13.8 Å². The lowest BCUT2D eigenvalue weighted by Crippen LogP contribution is -2.24. The molecule has 2 atom stereocenters. The Morgan fingerprint density at radius 3 is 2.69 bits per heavy atom. The van der Waals surface area contributed by atoms with Gasteiger partial charge in [0, 0.05) is 37.6 Å². The van der Waals surface area contributed by atoms with Crippen molar-refractivity contribution in [2.75, 3.05) is 0 Å². The van der Waals surface area contributed by atoms with Crippen molar-refractivity contribution in [2.45, 2.75) is 52.2 Å². The molecule has 6 nitrogen and oxygen atoms in total. The van der Waals surface area contributed by atoms with E-state index in [4.69, 9.17) is 4.74 Å². The lowest BCUT2D eigenvalue weighted by atomic mass is 9.84. The van der Waals surface area contributed by atoms with Gasteiger partial charge in [-0.15, -0.1) is 0 Å². The van der Waals surface area contributed by atoms with Crippen LogP contribution in [0.25, 0.3) is 0 Å². The number of rotatable bonds is 5. The average molecular weight is 477 g/mol. The van der Waals surface area contributed by atoms with E-state index in [0.29, 0.717) is 12.1 Å². The first-order chi connectivity index (χ1) is 17.6. The van der Waals surface area contributed by atoms with Gasteiger partial charge in [0.2, 0.25) is 0 Å². The predicted octanol–water partition coefficient (Wildman–Crippen LogP) is 4.60. The number of benzene rings is 3. The van der Waals surface area contributed by atoms with Crippen LogP contribution < -0.4 is 10.6 Å². The van der Waals surface area contributed by atoms with Gasteiger partial charge in [0.25, 0.3) is 5.91 Å². The number of carbonyl (C=O) groups excluding carboxylic acids is 1. The summed E-state index contributed by atoms with van der Waals surface area (Å²) < 4.78 is 8.31. The van der Waals surface area contributed by atoms with Crippen molar-refractivity contribution in [3.05, 3.63) is 122 Å². The third-order valence-corrected chi connectivity index (χ3v) is 8.01. The summed E-state index contributed by atoms with van der Waals surface area (Å²) in [5, 5.41) is 10.9. The largest absolute Gasteiger partial charge is 0.356 e. The second-order valence-electron chi connectivity index (χ2n) is 10.1. The minimum Gasteiger partial charge on any atom is -0.356 e. The second-order valence-corrected chi connectivity index (χ2v) is 10.1. The van der Waals surface area contributed by atoms with Crippen molar-refractivity contribution in [1.82, 2.24) is 20.4 Å². The molecule has 1 aromatic heterocycles. The average Bonchev–Trinajstić information content (AvgIpc) is 3.68. The third kappa shape index (κ3) is 3.33. The molecular weight excluding hydrogens is 448 g/mol. The van der Waals surface area contributed by atoms with Crippen molar-refractivity contribution in [3.8, 4) is 0 Å². The topological polar surface area (TPSA) is 68.2 Å². The van der Waals surface area contributed by atoms with Crippen molar-refractivity contribution in [2.24, 2.45) is 0 Å². The molecule has 0 fully saturated rings. The Labute approximate surface area is 210 Å². The Hall–Kier alpha value is -3.74. The minimum absolute atomic E-state index is 0.0503. The van der Waals surface area contributed by atoms with E-state index in [0.717, 1.165) is 25.2 Å². The molecule has 6 heteroatoms. The molecule has 4 heterocycles. The predicted molar refractivity (Wildman–Crippen MR) is 137 cm³/mol. The fourth-order valence-corrected chi connectivity index (χ4v) is 6.14. The maximum atomic E-state index is 13.2. The lowest BCUT2D eigenvalue weighted by Gasteiger charge is -2.18. The first-order valence-corrected chi connectivity index (χ1v) is 12.6. The fourth-order valence-electron chi connectivity index (χ4n) is 6.14. The molecule has 2 unspecified atom stereocenters. The van der Waals surface area contributed by atoms with Gasteiger partial charge in [-0.25, -0.2) is 0 Å². The van der Waals surface area contributed by atoms with Gasteiger partial charge < -0.3 is 15.4 Å². The number of hydrogen-bond donors (Lipinski definition) is 2. The number of ether oxygens (including phenoxy) is 1. The fraction of sp³-hybridized carbons (Fsp3) is 0.267. The van der Waals surface area contributed by atoms with Gasteiger partial charge in [-0.05, 0) is 87.7 Å². The molecule has 2 N–H and O–H groups in total. The van der Waals surface area contributed by atoms with Crippen LogP contribution in [0.5, 0.6) is 0 Å². The van der Waals surface area contributed by atoms with E-state index in [1.165, 1.54) is 50.1 Å². The summed E-state index contributed by atoms with van der Waals surface area (Å²) in [7, 11) is 0. The number of fused-ring (bicyclic) bond motifs is 9. The smallest absolute Gasteiger partial charge is 0.251 e. The van der Waals surface area contributed by atoms with Gasteiger partial charge in [0.05, 0.1) is 6.54 Å². The zero-order chi connectivity index (χ0) is 24.4. The lowest BCUT2D eigenvalue weighted by molar-refractivity contribution is 0.0857. The SMILES string of the molecule is Cc1cc2c(c(C)c1CNC(=O)c1ccc3c(c1)C1OC3c3ccc(Cn4cccn4)cc31)CNC2. The van der Waals surface area contributed by atoms with Gasteiger partial charge in [0.1, 0.15) is 12.2 Å². The third-order valence-electron chi connectivity index (χ3n) is 8.01. The summed E-state index contributed by atoms with van der Waals surface area (Å²) in [5.74, 6) is -0.0503. The van der Waals surface area contributed by atoms with Crippen LogP contribution in [0.1, 0.15) is 78.2 Å². The molecule has 0 saturated carbocycles. The highest BCUT2D eigenvalue weighted by Gasteiger charge is 2.43. The van der Waals surface area contributed by atoms with Crippen molar-refractivity contribution in [3.63, 3.8) is 0 Å². The van der Waals surface area contributed by atoms with E-state index < -0.39 is 0 Å². The van der Waals surface area contributed by atoms with E-state index in [-0.39, 0.29) is 18.1 Å². The molecule has 0 spiro atoms.